The average Bonchev–Trinajstić information content (AvgIpc) is 1.79. The third-order valence-corrected chi connectivity index (χ3v) is 1.03. The number of carboxylic acids is 2. The molecule has 11 heavy (non-hydrogen) atoms. The van der Waals surface area contributed by atoms with Crippen LogP contribution < -0.4 is 0 Å². The molecular formula is C6H11FO4. The molecule has 0 atom stereocenters. The quantitative estimate of drug-likeness (QED) is 0.594. The van der Waals surface area contributed by atoms with E-state index < -0.39 is 11.9 Å². The van der Waals surface area contributed by atoms with Gasteiger partial charge in [0.2, 0.25) is 0 Å². The lowest BCUT2D eigenvalue weighted by Crippen LogP contribution is -1.97. The van der Waals surface area contributed by atoms with E-state index in [4.69, 9.17) is 10.2 Å². The number of hydrogen-bond donors (Lipinski definition) is 2. The number of unbranched alkanes of at least 4 members (excludes halogenated alkanes) is 1. The molecule has 0 saturated heterocycles. The summed E-state index contributed by atoms with van der Waals surface area (Å²) in [5, 5.41) is 16.3. The highest BCUT2D eigenvalue weighted by atomic mass is 19.0. The number of halogens is 1. The first-order chi connectivity index (χ1) is 4.63. The molecule has 2 N–H and O–H groups in total. The van der Waals surface area contributed by atoms with E-state index in [0.717, 1.165) is 0 Å². The van der Waals surface area contributed by atoms with Gasteiger partial charge in [-0.1, -0.05) is 0 Å². The molecule has 0 aliphatic carbocycles. The molecule has 0 aromatic heterocycles. The van der Waals surface area contributed by atoms with Crippen molar-refractivity contribution in [3.8, 4) is 0 Å². The highest BCUT2D eigenvalue weighted by Gasteiger charge is 1.99. The summed E-state index contributed by atoms with van der Waals surface area (Å²) < 4.78 is 0. The first kappa shape index (κ1) is 12.5. The fourth-order valence-corrected chi connectivity index (χ4v) is 0.552. The molecule has 0 radical (unpaired) electrons. The van der Waals surface area contributed by atoms with E-state index in [1.807, 2.05) is 0 Å². The Morgan fingerprint density at radius 2 is 1.18 bits per heavy atom. The fraction of sp³-hybridized carbons (Fsp3) is 0.667. The van der Waals surface area contributed by atoms with Crippen LogP contribution in [0.4, 0.5) is 4.70 Å². The topological polar surface area (TPSA) is 74.6 Å². The summed E-state index contributed by atoms with van der Waals surface area (Å²) in [7, 11) is 0. The highest BCUT2D eigenvalue weighted by Crippen LogP contribution is 1.98. The van der Waals surface area contributed by atoms with Gasteiger partial charge in [0.15, 0.2) is 0 Å². The van der Waals surface area contributed by atoms with E-state index in [2.05, 4.69) is 0 Å². The van der Waals surface area contributed by atoms with Crippen molar-refractivity contribution in [2.45, 2.75) is 25.7 Å². The Morgan fingerprint density at radius 3 is 1.36 bits per heavy atom. The molecule has 0 aliphatic heterocycles. The molecular weight excluding hydrogens is 155 g/mol. The normalized spacial score (nSPS) is 8.36. The van der Waals surface area contributed by atoms with E-state index in [-0.39, 0.29) is 17.5 Å². The van der Waals surface area contributed by atoms with Gasteiger partial charge in [-0.25, -0.2) is 0 Å². The summed E-state index contributed by atoms with van der Waals surface area (Å²) in [5.41, 5.74) is 0. The molecule has 0 aliphatic rings. The van der Waals surface area contributed by atoms with E-state index >= 15 is 0 Å². The third-order valence-electron chi connectivity index (χ3n) is 1.03. The van der Waals surface area contributed by atoms with Crippen molar-refractivity contribution >= 4 is 11.9 Å². The Labute approximate surface area is 63.2 Å². The molecule has 66 valence electrons. The van der Waals surface area contributed by atoms with E-state index in [0.29, 0.717) is 12.8 Å². The van der Waals surface area contributed by atoms with Crippen molar-refractivity contribution in [2.24, 2.45) is 0 Å². The van der Waals surface area contributed by atoms with Crippen LogP contribution >= 0.6 is 0 Å². The lowest BCUT2D eigenvalue weighted by molar-refractivity contribution is -0.139. The Bertz CT molecular complexity index is 119. The Morgan fingerprint density at radius 1 is 0.909 bits per heavy atom. The Balaban J connectivity index is 0. The van der Waals surface area contributed by atoms with Crippen LogP contribution in [0.5, 0.6) is 0 Å². The van der Waals surface area contributed by atoms with Gasteiger partial charge in [-0.3, -0.25) is 14.3 Å². The van der Waals surface area contributed by atoms with Crippen LogP contribution in [-0.2, 0) is 9.59 Å². The lowest BCUT2D eigenvalue weighted by Gasteiger charge is -1.92. The molecule has 0 bridgehead atoms. The summed E-state index contributed by atoms with van der Waals surface area (Å²) >= 11 is 0. The van der Waals surface area contributed by atoms with Crippen molar-refractivity contribution in [3.63, 3.8) is 0 Å². The summed E-state index contributed by atoms with van der Waals surface area (Å²) in [4.78, 5) is 19.8. The van der Waals surface area contributed by atoms with Crippen LogP contribution in [0.25, 0.3) is 0 Å². The zero-order valence-electron chi connectivity index (χ0n) is 5.95. The minimum Gasteiger partial charge on any atom is -0.481 e. The van der Waals surface area contributed by atoms with Crippen LogP contribution in [0.3, 0.4) is 0 Å². The van der Waals surface area contributed by atoms with Crippen LogP contribution in [0.15, 0.2) is 0 Å². The molecule has 0 heterocycles. The van der Waals surface area contributed by atoms with Crippen molar-refractivity contribution < 1.29 is 24.5 Å². The number of aliphatic carboxylic acids is 2. The first-order valence-corrected chi connectivity index (χ1v) is 3.06. The van der Waals surface area contributed by atoms with Crippen LogP contribution in [0, 0.1) is 0 Å². The third kappa shape index (κ3) is 12.1. The van der Waals surface area contributed by atoms with Crippen LogP contribution in [-0.4, -0.2) is 22.2 Å². The van der Waals surface area contributed by atoms with E-state index in [1.54, 1.807) is 0 Å². The summed E-state index contributed by atoms with van der Waals surface area (Å²) in [6.07, 6.45) is 1.02. The minimum absolute atomic E-state index is 0. The second-order valence-corrected chi connectivity index (χ2v) is 1.99. The fourth-order valence-electron chi connectivity index (χ4n) is 0.552. The molecule has 0 spiro atoms. The lowest BCUT2D eigenvalue weighted by atomic mass is 10.2. The van der Waals surface area contributed by atoms with Gasteiger partial charge in [0.25, 0.3) is 0 Å². The van der Waals surface area contributed by atoms with Gasteiger partial charge in [0.05, 0.1) is 0 Å². The number of rotatable bonds is 5. The van der Waals surface area contributed by atoms with Gasteiger partial charge in [-0.15, -0.1) is 0 Å². The van der Waals surface area contributed by atoms with Crippen molar-refractivity contribution in [3.05, 3.63) is 0 Å². The summed E-state index contributed by atoms with van der Waals surface area (Å²) in [6, 6.07) is 0. The maximum absolute atomic E-state index is 9.90. The largest absolute Gasteiger partial charge is 0.481 e. The second kappa shape index (κ2) is 6.98. The number of hydrogen-bond acceptors (Lipinski definition) is 2. The number of carbonyl (C=O) groups is 2. The Hall–Kier alpha value is -1.13. The predicted molar refractivity (Wildman–Crippen MR) is 36.2 cm³/mol. The first-order valence-electron chi connectivity index (χ1n) is 3.06. The monoisotopic (exact) mass is 166 g/mol. The molecule has 4 nitrogen and oxygen atoms in total. The molecule has 0 fully saturated rings. The summed E-state index contributed by atoms with van der Waals surface area (Å²) in [5.74, 6) is -1.74. The van der Waals surface area contributed by atoms with Crippen LogP contribution in [0.1, 0.15) is 25.7 Å². The molecule has 0 unspecified atom stereocenters. The minimum atomic E-state index is -0.870. The van der Waals surface area contributed by atoms with Gasteiger partial charge in [0.1, 0.15) is 0 Å². The van der Waals surface area contributed by atoms with Gasteiger partial charge in [-0.2, -0.15) is 0 Å². The molecule has 0 aromatic rings. The van der Waals surface area contributed by atoms with E-state index in [1.165, 1.54) is 0 Å². The van der Waals surface area contributed by atoms with Gasteiger partial charge in [0, 0.05) is 12.8 Å². The molecule has 0 saturated carbocycles. The van der Waals surface area contributed by atoms with Crippen molar-refractivity contribution in [1.82, 2.24) is 0 Å². The van der Waals surface area contributed by atoms with Crippen LogP contribution in [0.2, 0.25) is 0 Å². The van der Waals surface area contributed by atoms with Gasteiger partial charge < -0.3 is 10.2 Å². The molecule has 0 rings (SSSR count). The highest BCUT2D eigenvalue weighted by molar-refractivity contribution is 5.67. The number of carboxylic acid groups (broad SMARTS) is 2. The zero-order valence-corrected chi connectivity index (χ0v) is 5.95. The Kier molecular flexibility index (Phi) is 7.96. The smallest absolute Gasteiger partial charge is 0.303 e. The molecule has 0 aromatic carbocycles. The van der Waals surface area contributed by atoms with Crippen molar-refractivity contribution in [1.29, 1.82) is 0 Å². The summed E-state index contributed by atoms with van der Waals surface area (Å²) in [6.45, 7) is 0. The van der Waals surface area contributed by atoms with E-state index in [9.17, 15) is 9.59 Å². The maximum Gasteiger partial charge on any atom is 0.303 e. The SMILES string of the molecule is F.O=C(O)CCCCC(=O)O. The van der Waals surface area contributed by atoms with Crippen molar-refractivity contribution in [2.75, 3.05) is 0 Å². The molecule has 0 amide bonds. The zero-order chi connectivity index (χ0) is 7.98. The van der Waals surface area contributed by atoms with Gasteiger partial charge in [-0.05, 0) is 12.8 Å². The standard InChI is InChI=1S/C6H10O4.FH/c7-5(8)3-1-2-4-6(9)10;/h1-4H2,(H,7,8)(H,9,10);1H. The average molecular weight is 166 g/mol. The van der Waals surface area contributed by atoms with Gasteiger partial charge >= 0.3 is 11.9 Å². The second-order valence-electron chi connectivity index (χ2n) is 1.99. The molecule has 5 heteroatoms. The maximum atomic E-state index is 9.90. The predicted octanol–water partition coefficient (Wildman–Crippen LogP) is 0.869.